The van der Waals surface area contributed by atoms with Crippen molar-refractivity contribution in [3.8, 4) is 16.8 Å². The number of nitrogens with one attached hydrogen (secondary N) is 1. The number of hydrogen-bond donors (Lipinski definition) is 2. The summed E-state index contributed by atoms with van der Waals surface area (Å²) < 4.78 is 15.4. The summed E-state index contributed by atoms with van der Waals surface area (Å²) in [5.74, 6) is -0.251. The van der Waals surface area contributed by atoms with E-state index < -0.39 is 0 Å². The average molecular weight is 395 g/mol. The van der Waals surface area contributed by atoms with Gasteiger partial charge in [-0.05, 0) is 48.0 Å². The fraction of sp³-hybridized carbons (Fsp3) is 0.0476. The molecule has 4 aromatic rings. The Kier molecular flexibility index (Phi) is 4.49. The first kappa shape index (κ1) is 18.0. The number of benzene rings is 3. The Morgan fingerprint density at radius 2 is 1.86 bits per heavy atom. The van der Waals surface area contributed by atoms with E-state index in [-0.39, 0.29) is 17.7 Å². The quantitative estimate of drug-likeness (QED) is 0.512. The molecule has 0 fully saturated rings. The lowest BCUT2D eigenvalue weighted by Gasteiger charge is -2.12. The topological polar surface area (TPSA) is 72.9 Å². The highest BCUT2D eigenvalue weighted by Gasteiger charge is 2.12. The molecular weight excluding hydrogens is 379 g/mol. The minimum atomic E-state index is -0.357. The van der Waals surface area contributed by atoms with E-state index >= 15 is 0 Å². The predicted octanol–water partition coefficient (Wildman–Crippen LogP) is 5.03. The average Bonchev–Trinajstić information content (AvgIpc) is 2.98. The van der Waals surface area contributed by atoms with Crippen molar-refractivity contribution in [2.24, 2.45) is 0 Å². The van der Waals surface area contributed by atoms with E-state index in [0.717, 1.165) is 16.8 Å². The summed E-state index contributed by atoms with van der Waals surface area (Å²) in [6, 6.07) is 17.1. The lowest BCUT2D eigenvalue weighted by molar-refractivity contribution is -0.114. The summed E-state index contributed by atoms with van der Waals surface area (Å²) in [5.41, 5.74) is 10.3. The highest BCUT2D eigenvalue weighted by Crippen LogP contribution is 2.32. The van der Waals surface area contributed by atoms with Gasteiger partial charge in [-0.25, -0.2) is 9.37 Å². The number of fused-ring (bicyclic) bond motifs is 1. The van der Waals surface area contributed by atoms with E-state index in [1.807, 2.05) is 24.3 Å². The first-order valence-electron chi connectivity index (χ1n) is 8.54. The molecule has 1 heterocycles. The van der Waals surface area contributed by atoms with Crippen molar-refractivity contribution in [2.75, 3.05) is 11.1 Å². The number of nitrogens with zero attached hydrogens (tertiary/aromatic N) is 2. The largest absolute Gasteiger partial charge is 0.369 e. The van der Waals surface area contributed by atoms with Gasteiger partial charge in [0.1, 0.15) is 5.82 Å². The van der Waals surface area contributed by atoms with Gasteiger partial charge in [-0.1, -0.05) is 23.7 Å². The smallest absolute Gasteiger partial charge is 0.221 e. The van der Waals surface area contributed by atoms with Gasteiger partial charge < -0.3 is 11.1 Å². The van der Waals surface area contributed by atoms with Crippen LogP contribution >= 0.6 is 11.6 Å². The summed E-state index contributed by atoms with van der Waals surface area (Å²) in [4.78, 5) is 15.8. The molecule has 0 spiro atoms. The molecule has 0 bridgehead atoms. The Morgan fingerprint density at radius 1 is 1.11 bits per heavy atom. The third kappa shape index (κ3) is 3.30. The number of amides is 1. The first-order valence-corrected chi connectivity index (χ1v) is 8.91. The van der Waals surface area contributed by atoms with E-state index in [4.69, 9.17) is 17.3 Å². The normalized spacial score (nSPS) is 11.0. The van der Waals surface area contributed by atoms with Crippen LogP contribution in [0.5, 0.6) is 0 Å². The minimum absolute atomic E-state index is 0.167. The third-order valence-electron chi connectivity index (χ3n) is 4.37. The van der Waals surface area contributed by atoms with E-state index in [9.17, 15) is 9.18 Å². The summed E-state index contributed by atoms with van der Waals surface area (Å²) in [6.07, 6.45) is 0. The number of anilines is 2. The number of carbonyl (C=O) groups is 1. The zero-order valence-electron chi connectivity index (χ0n) is 14.9. The van der Waals surface area contributed by atoms with Gasteiger partial charge in [-0.3, -0.25) is 9.36 Å². The van der Waals surface area contributed by atoms with E-state index in [1.165, 1.54) is 19.1 Å². The highest BCUT2D eigenvalue weighted by atomic mass is 35.5. The number of aromatic nitrogens is 2. The van der Waals surface area contributed by atoms with Crippen molar-refractivity contribution < 1.29 is 9.18 Å². The zero-order valence-corrected chi connectivity index (χ0v) is 15.7. The van der Waals surface area contributed by atoms with Gasteiger partial charge in [-0.2, -0.15) is 0 Å². The second kappa shape index (κ2) is 6.98. The van der Waals surface area contributed by atoms with Crippen molar-refractivity contribution in [3.05, 3.63) is 71.5 Å². The highest BCUT2D eigenvalue weighted by molar-refractivity contribution is 6.31. The summed E-state index contributed by atoms with van der Waals surface area (Å²) in [6.45, 7) is 1.45. The second-order valence-electron chi connectivity index (χ2n) is 6.36. The van der Waals surface area contributed by atoms with Gasteiger partial charge in [0.05, 0.1) is 11.0 Å². The summed E-state index contributed by atoms with van der Waals surface area (Å²) in [5, 5.41) is 3.37. The summed E-state index contributed by atoms with van der Waals surface area (Å²) >= 11 is 6.14. The van der Waals surface area contributed by atoms with Gasteiger partial charge in [0.2, 0.25) is 11.9 Å². The molecule has 0 unspecified atom stereocenters. The van der Waals surface area contributed by atoms with Gasteiger partial charge in [-0.15, -0.1) is 0 Å². The van der Waals surface area contributed by atoms with E-state index in [1.54, 1.807) is 28.8 Å². The van der Waals surface area contributed by atoms with Crippen LogP contribution in [-0.4, -0.2) is 15.5 Å². The van der Waals surface area contributed by atoms with Crippen LogP contribution < -0.4 is 11.1 Å². The fourth-order valence-electron chi connectivity index (χ4n) is 3.18. The molecule has 140 valence electrons. The summed E-state index contributed by atoms with van der Waals surface area (Å²) in [7, 11) is 0. The SMILES string of the molecule is CC(=O)Nc1ccc(Cl)cc1-c1ccc(-n2c(N)nc3ccc(F)cc32)cc1. The van der Waals surface area contributed by atoms with Crippen LogP contribution in [0.3, 0.4) is 0 Å². The third-order valence-corrected chi connectivity index (χ3v) is 4.61. The van der Waals surface area contributed by atoms with Crippen molar-refractivity contribution in [1.29, 1.82) is 0 Å². The lowest BCUT2D eigenvalue weighted by Crippen LogP contribution is -2.07. The maximum Gasteiger partial charge on any atom is 0.221 e. The molecule has 0 atom stereocenters. The van der Waals surface area contributed by atoms with Crippen LogP contribution in [0.25, 0.3) is 27.8 Å². The number of nitrogen functional groups attached to an aromatic ring is 1. The molecule has 28 heavy (non-hydrogen) atoms. The van der Waals surface area contributed by atoms with Crippen LogP contribution in [-0.2, 0) is 4.79 Å². The van der Waals surface area contributed by atoms with E-state index in [2.05, 4.69) is 10.3 Å². The number of imidazole rings is 1. The monoisotopic (exact) mass is 394 g/mol. The molecule has 3 N–H and O–H groups in total. The van der Waals surface area contributed by atoms with Gasteiger partial charge in [0.25, 0.3) is 0 Å². The maximum absolute atomic E-state index is 13.7. The standard InChI is InChI=1S/C21H16ClFN4O/c1-12(28)25-18-8-4-14(22)10-17(18)13-2-6-16(7-3-13)27-20-11-15(23)5-9-19(20)26-21(27)24/h2-11H,1H3,(H2,24,26)(H,25,28). The molecule has 0 saturated heterocycles. The Labute approximate surface area is 165 Å². The molecule has 0 saturated carbocycles. The van der Waals surface area contributed by atoms with Crippen molar-refractivity contribution >= 4 is 40.2 Å². The van der Waals surface area contributed by atoms with Crippen LogP contribution in [0.2, 0.25) is 5.02 Å². The fourth-order valence-corrected chi connectivity index (χ4v) is 3.35. The number of halogens is 2. The van der Waals surface area contributed by atoms with Crippen molar-refractivity contribution in [2.45, 2.75) is 6.92 Å². The number of rotatable bonds is 3. The predicted molar refractivity (Wildman–Crippen MR) is 110 cm³/mol. The van der Waals surface area contributed by atoms with Crippen molar-refractivity contribution in [1.82, 2.24) is 9.55 Å². The number of carbonyl (C=O) groups excluding carboxylic acids is 1. The molecule has 0 radical (unpaired) electrons. The lowest BCUT2D eigenvalue weighted by atomic mass is 10.0. The Bertz CT molecular complexity index is 1200. The Morgan fingerprint density at radius 3 is 2.57 bits per heavy atom. The Balaban J connectivity index is 1.79. The molecular formula is C21H16ClFN4O. The second-order valence-corrected chi connectivity index (χ2v) is 6.79. The van der Waals surface area contributed by atoms with Crippen molar-refractivity contribution in [3.63, 3.8) is 0 Å². The van der Waals surface area contributed by atoms with Gasteiger partial charge in [0.15, 0.2) is 0 Å². The molecule has 0 aliphatic rings. The number of nitrogens with two attached hydrogens (primary N) is 1. The van der Waals surface area contributed by atoms with Crippen LogP contribution in [0.4, 0.5) is 16.0 Å². The van der Waals surface area contributed by atoms with Gasteiger partial charge >= 0.3 is 0 Å². The first-order chi connectivity index (χ1) is 13.4. The molecule has 5 nitrogen and oxygen atoms in total. The molecule has 4 rings (SSSR count). The van der Waals surface area contributed by atoms with Gasteiger partial charge in [0, 0.05) is 35.0 Å². The maximum atomic E-state index is 13.7. The van der Waals surface area contributed by atoms with Crippen LogP contribution in [0.15, 0.2) is 60.7 Å². The molecule has 0 aliphatic heterocycles. The zero-order chi connectivity index (χ0) is 19.8. The molecule has 3 aromatic carbocycles. The Hall–Kier alpha value is -3.38. The molecule has 1 amide bonds. The number of hydrogen-bond acceptors (Lipinski definition) is 3. The molecule has 7 heteroatoms. The van der Waals surface area contributed by atoms with Crippen LogP contribution in [0.1, 0.15) is 6.92 Å². The molecule has 1 aromatic heterocycles. The van der Waals surface area contributed by atoms with E-state index in [0.29, 0.717) is 21.7 Å². The molecule has 0 aliphatic carbocycles. The minimum Gasteiger partial charge on any atom is -0.369 e. The van der Waals surface area contributed by atoms with Crippen LogP contribution in [0, 0.1) is 5.82 Å².